The number of ketones is 1. The van der Waals surface area contributed by atoms with Gasteiger partial charge in [-0.05, 0) is 18.8 Å². The summed E-state index contributed by atoms with van der Waals surface area (Å²) in [6.45, 7) is 8.37. The Morgan fingerprint density at radius 3 is 2.57 bits per heavy atom. The van der Waals surface area contributed by atoms with Crippen LogP contribution in [0.3, 0.4) is 0 Å². The van der Waals surface area contributed by atoms with Gasteiger partial charge >= 0.3 is 0 Å². The van der Waals surface area contributed by atoms with E-state index in [-0.39, 0.29) is 11.2 Å². The largest absolute Gasteiger partial charge is 0.293 e. The van der Waals surface area contributed by atoms with Crippen molar-refractivity contribution in [3.63, 3.8) is 0 Å². The first kappa shape index (κ1) is 11.4. The van der Waals surface area contributed by atoms with E-state index in [0.29, 0.717) is 6.42 Å². The van der Waals surface area contributed by atoms with E-state index < -0.39 is 0 Å². The van der Waals surface area contributed by atoms with Crippen molar-refractivity contribution in [3.05, 3.63) is 16.1 Å². The fraction of sp³-hybridized carbons (Fsp3) is 0.636. The maximum Gasteiger partial charge on any atom is 0.174 e. The summed E-state index contributed by atoms with van der Waals surface area (Å²) >= 11 is 1.49. The molecule has 0 saturated carbocycles. The number of Topliss-reactive ketones (excluding diaryl/α,β-unsaturated/α-hetero) is 1. The molecule has 2 nitrogen and oxygen atoms in total. The molecule has 1 aromatic heterocycles. The summed E-state index contributed by atoms with van der Waals surface area (Å²) in [4.78, 5) is 16.6. The number of carbonyl (C=O) groups excluding carboxylic acids is 1. The molecule has 0 saturated heterocycles. The van der Waals surface area contributed by atoms with Gasteiger partial charge in [-0.1, -0.05) is 20.8 Å². The van der Waals surface area contributed by atoms with Gasteiger partial charge in [-0.25, -0.2) is 4.98 Å². The third-order valence-corrected chi connectivity index (χ3v) is 2.95. The highest BCUT2D eigenvalue weighted by molar-refractivity contribution is 7.13. The molecule has 0 aromatic carbocycles. The Hall–Kier alpha value is -0.700. The zero-order valence-electron chi connectivity index (χ0n) is 9.26. The molecule has 14 heavy (non-hydrogen) atoms. The van der Waals surface area contributed by atoms with Gasteiger partial charge in [-0.15, -0.1) is 11.3 Å². The fourth-order valence-corrected chi connectivity index (χ4v) is 1.85. The predicted octanol–water partition coefficient (Wildman–Crippen LogP) is 3.46. The molecule has 0 amide bonds. The quantitative estimate of drug-likeness (QED) is 0.717. The van der Waals surface area contributed by atoms with E-state index in [1.165, 1.54) is 11.3 Å². The monoisotopic (exact) mass is 211 g/mol. The van der Waals surface area contributed by atoms with Crippen LogP contribution in [0.1, 0.15) is 48.3 Å². The zero-order chi connectivity index (χ0) is 10.8. The highest BCUT2D eigenvalue weighted by Crippen LogP contribution is 2.23. The van der Waals surface area contributed by atoms with Gasteiger partial charge in [0.1, 0.15) is 0 Å². The van der Waals surface area contributed by atoms with E-state index in [9.17, 15) is 4.79 Å². The van der Waals surface area contributed by atoms with Gasteiger partial charge in [-0.2, -0.15) is 0 Å². The molecule has 1 heterocycles. The average molecular weight is 211 g/mol. The van der Waals surface area contributed by atoms with Crippen LogP contribution in [-0.4, -0.2) is 10.8 Å². The second-order valence-electron chi connectivity index (χ2n) is 4.73. The van der Waals surface area contributed by atoms with E-state index in [4.69, 9.17) is 0 Å². The molecule has 78 valence electrons. The zero-order valence-corrected chi connectivity index (χ0v) is 10.1. The van der Waals surface area contributed by atoms with Crippen molar-refractivity contribution in [3.8, 4) is 0 Å². The number of hydrogen-bond acceptors (Lipinski definition) is 3. The number of rotatable bonds is 3. The van der Waals surface area contributed by atoms with E-state index in [2.05, 4.69) is 25.8 Å². The molecule has 1 aromatic rings. The number of hydrogen-bond donors (Lipinski definition) is 0. The van der Waals surface area contributed by atoms with Crippen LogP contribution in [0, 0.1) is 12.3 Å². The molecule has 0 aliphatic heterocycles. The van der Waals surface area contributed by atoms with E-state index in [0.717, 1.165) is 16.3 Å². The second kappa shape index (κ2) is 4.22. The van der Waals surface area contributed by atoms with Gasteiger partial charge in [0.25, 0.3) is 0 Å². The lowest BCUT2D eigenvalue weighted by Gasteiger charge is -2.16. The van der Waals surface area contributed by atoms with Crippen molar-refractivity contribution in [1.82, 2.24) is 4.98 Å². The summed E-state index contributed by atoms with van der Waals surface area (Å²) in [6, 6.07) is 0. The van der Waals surface area contributed by atoms with Crippen molar-refractivity contribution in [2.75, 3.05) is 0 Å². The summed E-state index contributed by atoms with van der Waals surface area (Å²) in [7, 11) is 0. The Bertz CT molecular complexity index is 322. The average Bonchev–Trinajstić information content (AvgIpc) is 2.46. The van der Waals surface area contributed by atoms with Crippen molar-refractivity contribution >= 4 is 17.1 Å². The third-order valence-electron chi connectivity index (χ3n) is 2.00. The number of aryl methyl sites for hydroxylation is 1. The van der Waals surface area contributed by atoms with Gasteiger partial charge in [0.05, 0.1) is 9.88 Å². The molecule has 0 atom stereocenters. The van der Waals surface area contributed by atoms with Crippen LogP contribution in [0.15, 0.2) is 6.20 Å². The molecular formula is C11H17NOS. The Labute approximate surface area is 89.4 Å². The van der Waals surface area contributed by atoms with Gasteiger partial charge in [0.15, 0.2) is 5.78 Å². The van der Waals surface area contributed by atoms with Crippen LogP contribution < -0.4 is 0 Å². The van der Waals surface area contributed by atoms with E-state index in [1.807, 2.05) is 6.92 Å². The molecule has 0 aliphatic carbocycles. The predicted molar refractivity (Wildman–Crippen MR) is 59.9 cm³/mol. The van der Waals surface area contributed by atoms with Crippen LogP contribution in [0.25, 0.3) is 0 Å². The van der Waals surface area contributed by atoms with Crippen LogP contribution >= 0.6 is 11.3 Å². The molecular weight excluding hydrogens is 194 g/mol. The van der Waals surface area contributed by atoms with Crippen molar-refractivity contribution in [2.45, 2.75) is 40.5 Å². The Morgan fingerprint density at radius 2 is 2.14 bits per heavy atom. The van der Waals surface area contributed by atoms with Crippen LogP contribution in [-0.2, 0) is 0 Å². The fourth-order valence-electron chi connectivity index (χ4n) is 1.10. The normalized spacial score (nSPS) is 11.7. The van der Waals surface area contributed by atoms with Gasteiger partial charge in [0.2, 0.25) is 0 Å². The Kier molecular flexibility index (Phi) is 3.43. The van der Waals surface area contributed by atoms with Crippen molar-refractivity contribution in [2.24, 2.45) is 5.41 Å². The maximum absolute atomic E-state index is 11.7. The molecule has 0 radical (unpaired) electrons. The van der Waals surface area contributed by atoms with Crippen molar-refractivity contribution in [1.29, 1.82) is 0 Å². The highest BCUT2D eigenvalue weighted by Gasteiger charge is 2.15. The highest BCUT2D eigenvalue weighted by atomic mass is 32.1. The Morgan fingerprint density at radius 1 is 1.50 bits per heavy atom. The number of aromatic nitrogens is 1. The number of carbonyl (C=O) groups is 1. The Balaban J connectivity index is 2.52. The molecule has 0 unspecified atom stereocenters. The first-order chi connectivity index (χ1) is 6.38. The van der Waals surface area contributed by atoms with Crippen LogP contribution in [0.4, 0.5) is 0 Å². The summed E-state index contributed by atoms with van der Waals surface area (Å²) in [5.41, 5.74) is 0.232. The minimum absolute atomic E-state index is 0.227. The lowest BCUT2D eigenvalue weighted by Crippen LogP contribution is -2.08. The molecule has 3 heteroatoms. The number of thiazole rings is 1. The van der Waals surface area contributed by atoms with Gasteiger partial charge < -0.3 is 0 Å². The van der Waals surface area contributed by atoms with Gasteiger partial charge in [-0.3, -0.25) is 4.79 Å². The van der Waals surface area contributed by atoms with E-state index in [1.54, 1.807) is 6.20 Å². The smallest absolute Gasteiger partial charge is 0.174 e. The first-order valence-corrected chi connectivity index (χ1v) is 5.66. The summed E-state index contributed by atoms with van der Waals surface area (Å²) in [5, 5.41) is 0.962. The van der Waals surface area contributed by atoms with Crippen LogP contribution in [0.2, 0.25) is 0 Å². The topological polar surface area (TPSA) is 30.0 Å². The lowest BCUT2D eigenvalue weighted by molar-refractivity contribution is 0.0969. The minimum Gasteiger partial charge on any atom is -0.293 e. The summed E-state index contributed by atoms with van der Waals surface area (Å²) in [5.74, 6) is 0.227. The molecule has 0 bridgehead atoms. The minimum atomic E-state index is 0.227. The first-order valence-electron chi connectivity index (χ1n) is 4.84. The molecule has 1 rings (SSSR count). The standard InChI is InChI=1S/C11H17NOS/c1-8-12-7-10(14-8)9(13)5-6-11(2,3)4/h7H,5-6H2,1-4H3. The third kappa shape index (κ3) is 3.58. The van der Waals surface area contributed by atoms with Gasteiger partial charge in [0, 0.05) is 12.6 Å². The summed E-state index contributed by atoms with van der Waals surface area (Å²) < 4.78 is 0. The molecule has 0 fully saturated rings. The van der Waals surface area contributed by atoms with E-state index >= 15 is 0 Å². The maximum atomic E-state index is 11.7. The van der Waals surface area contributed by atoms with Crippen molar-refractivity contribution < 1.29 is 4.79 Å². The molecule has 0 spiro atoms. The number of nitrogens with zero attached hydrogens (tertiary/aromatic N) is 1. The second-order valence-corrected chi connectivity index (χ2v) is 5.96. The lowest BCUT2D eigenvalue weighted by atomic mass is 9.89. The molecule has 0 aliphatic rings. The summed E-state index contributed by atoms with van der Waals surface area (Å²) in [6.07, 6.45) is 3.25. The van der Waals surface area contributed by atoms with Crippen LogP contribution in [0.5, 0.6) is 0 Å². The SMILES string of the molecule is Cc1ncc(C(=O)CCC(C)(C)C)s1. The molecule has 0 N–H and O–H groups in total.